The SMILES string of the molecule is [CH2]c1cc2c(ccc3ccccc32)[nH]1. The Morgan fingerprint density at radius 3 is 2.71 bits per heavy atom. The molecular weight excluding hydrogens is 170 g/mol. The van der Waals surface area contributed by atoms with E-state index in [1.54, 1.807) is 0 Å². The number of H-pyrrole nitrogens is 1. The summed E-state index contributed by atoms with van der Waals surface area (Å²) in [4.78, 5) is 3.24. The Kier molecular flexibility index (Phi) is 1.42. The summed E-state index contributed by atoms with van der Waals surface area (Å²) in [7, 11) is 0. The fourth-order valence-corrected chi connectivity index (χ4v) is 1.94. The molecule has 0 unspecified atom stereocenters. The highest BCUT2D eigenvalue weighted by Crippen LogP contribution is 2.25. The zero-order valence-electron chi connectivity index (χ0n) is 7.75. The number of aromatic amines is 1. The molecule has 0 saturated carbocycles. The van der Waals surface area contributed by atoms with Crippen molar-refractivity contribution in [2.75, 3.05) is 0 Å². The van der Waals surface area contributed by atoms with Crippen LogP contribution >= 0.6 is 0 Å². The fourth-order valence-electron chi connectivity index (χ4n) is 1.94. The molecule has 1 N–H and O–H groups in total. The van der Waals surface area contributed by atoms with Gasteiger partial charge in [-0.25, -0.2) is 0 Å². The van der Waals surface area contributed by atoms with Gasteiger partial charge < -0.3 is 4.98 Å². The highest BCUT2D eigenvalue weighted by Gasteiger charge is 2.01. The molecule has 0 saturated heterocycles. The van der Waals surface area contributed by atoms with Crippen molar-refractivity contribution in [1.29, 1.82) is 0 Å². The lowest BCUT2D eigenvalue weighted by molar-refractivity contribution is 1.40. The third kappa shape index (κ3) is 0.956. The van der Waals surface area contributed by atoms with Gasteiger partial charge in [-0.1, -0.05) is 30.3 Å². The van der Waals surface area contributed by atoms with Gasteiger partial charge in [-0.3, -0.25) is 0 Å². The topological polar surface area (TPSA) is 15.8 Å². The van der Waals surface area contributed by atoms with Gasteiger partial charge in [0.1, 0.15) is 0 Å². The lowest BCUT2D eigenvalue weighted by Gasteiger charge is -1.97. The number of hydrogen-bond acceptors (Lipinski definition) is 0. The van der Waals surface area contributed by atoms with E-state index < -0.39 is 0 Å². The summed E-state index contributed by atoms with van der Waals surface area (Å²) < 4.78 is 0. The summed E-state index contributed by atoms with van der Waals surface area (Å²) in [6, 6.07) is 14.7. The van der Waals surface area contributed by atoms with Crippen LogP contribution < -0.4 is 0 Å². The maximum atomic E-state index is 3.91. The Labute approximate surface area is 82.4 Å². The van der Waals surface area contributed by atoms with Gasteiger partial charge in [0, 0.05) is 16.6 Å². The average molecular weight is 180 g/mol. The lowest BCUT2D eigenvalue weighted by atomic mass is 10.1. The zero-order valence-corrected chi connectivity index (χ0v) is 7.75. The number of benzene rings is 2. The molecule has 0 amide bonds. The summed E-state index contributed by atoms with van der Waals surface area (Å²) in [5.74, 6) is 0. The second kappa shape index (κ2) is 2.61. The van der Waals surface area contributed by atoms with Gasteiger partial charge in [0.15, 0.2) is 0 Å². The van der Waals surface area contributed by atoms with Crippen LogP contribution in [0.25, 0.3) is 21.7 Å². The van der Waals surface area contributed by atoms with Crippen LogP contribution in [0.4, 0.5) is 0 Å². The van der Waals surface area contributed by atoms with Crippen LogP contribution in [0.5, 0.6) is 0 Å². The van der Waals surface area contributed by atoms with E-state index >= 15 is 0 Å². The maximum absolute atomic E-state index is 3.91. The van der Waals surface area contributed by atoms with Crippen molar-refractivity contribution in [3.63, 3.8) is 0 Å². The molecule has 0 spiro atoms. The average Bonchev–Trinajstić information content (AvgIpc) is 2.59. The Balaban J connectivity index is 2.60. The van der Waals surface area contributed by atoms with Crippen molar-refractivity contribution >= 4 is 21.7 Å². The predicted molar refractivity (Wildman–Crippen MR) is 60.3 cm³/mol. The van der Waals surface area contributed by atoms with Gasteiger partial charge >= 0.3 is 0 Å². The minimum atomic E-state index is 0.969. The Morgan fingerprint density at radius 2 is 1.79 bits per heavy atom. The smallest absolute Gasteiger partial charge is 0.0462 e. The highest BCUT2D eigenvalue weighted by molar-refractivity contribution is 6.06. The van der Waals surface area contributed by atoms with E-state index in [1.807, 2.05) is 0 Å². The molecule has 0 aliphatic carbocycles. The van der Waals surface area contributed by atoms with Crippen molar-refractivity contribution in [1.82, 2.24) is 4.98 Å². The van der Waals surface area contributed by atoms with Crippen molar-refractivity contribution in [2.45, 2.75) is 0 Å². The minimum absolute atomic E-state index is 0.969. The molecule has 1 aromatic heterocycles. The minimum Gasteiger partial charge on any atom is -0.358 e. The number of aromatic nitrogens is 1. The van der Waals surface area contributed by atoms with E-state index in [-0.39, 0.29) is 0 Å². The summed E-state index contributed by atoms with van der Waals surface area (Å²) in [6.45, 7) is 3.91. The monoisotopic (exact) mass is 180 g/mol. The maximum Gasteiger partial charge on any atom is 0.0462 e. The van der Waals surface area contributed by atoms with Crippen molar-refractivity contribution in [3.05, 3.63) is 55.1 Å². The van der Waals surface area contributed by atoms with Crippen molar-refractivity contribution in [2.24, 2.45) is 0 Å². The highest BCUT2D eigenvalue weighted by atomic mass is 14.7. The predicted octanol–water partition coefficient (Wildman–Crippen LogP) is 3.50. The van der Waals surface area contributed by atoms with Gasteiger partial charge in [0.05, 0.1) is 0 Å². The van der Waals surface area contributed by atoms with Crippen LogP contribution in [-0.4, -0.2) is 4.98 Å². The first kappa shape index (κ1) is 7.63. The molecule has 1 radical (unpaired) electrons. The molecule has 0 aliphatic rings. The summed E-state index contributed by atoms with van der Waals surface area (Å²) in [6.07, 6.45) is 0. The second-order valence-corrected chi connectivity index (χ2v) is 3.54. The number of fused-ring (bicyclic) bond motifs is 3. The van der Waals surface area contributed by atoms with Crippen LogP contribution in [0.3, 0.4) is 0 Å². The normalized spacial score (nSPS) is 11.2. The van der Waals surface area contributed by atoms with Crippen LogP contribution in [0.1, 0.15) is 5.69 Å². The molecule has 0 aliphatic heterocycles. The first-order valence-electron chi connectivity index (χ1n) is 4.67. The number of hydrogen-bond donors (Lipinski definition) is 1. The van der Waals surface area contributed by atoms with Crippen LogP contribution in [0, 0.1) is 6.92 Å². The molecule has 67 valence electrons. The van der Waals surface area contributed by atoms with E-state index in [9.17, 15) is 0 Å². The standard InChI is InChI=1S/C13H10N/c1-9-8-12-11-5-3-2-4-10(11)6-7-13(12)14-9/h2-8,14H,1H2. The van der Waals surface area contributed by atoms with Crippen LogP contribution in [-0.2, 0) is 0 Å². The third-order valence-electron chi connectivity index (χ3n) is 2.58. The van der Waals surface area contributed by atoms with E-state index in [1.165, 1.54) is 16.2 Å². The fraction of sp³-hybridized carbons (Fsp3) is 0. The molecule has 1 nitrogen and oxygen atoms in total. The molecule has 1 heterocycles. The second-order valence-electron chi connectivity index (χ2n) is 3.54. The van der Waals surface area contributed by atoms with E-state index in [0.717, 1.165) is 11.2 Å². The molecule has 3 aromatic rings. The van der Waals surface area contributed by atoms with Gasteiger partial charge in [-0.15, -0.1) is 0 Å². The van der Waals surface area contributed by atoms with Crippen molar-refractivity contribution < 1.29 is 0 Å². The molecule has 0 fully saturated rings. The molecule has 14 heavy (non-hydrogen) atoms. The third-order valence-corrected chi connectivity index (χ3v) is 2.58. The largest absolute Gasteiger partial charge is 0.358 e. The zero-order chi connectivity index (χ0) is 9.54. The molecule has 3 rings (SSSR count). The lowest BCUT2D eigenvalue weighted by Crippen LogP contribution is -1.72. The Hall–Kier alpha value is -1.76. The van der Waals surface area contributed by atoms with Crippen molar-refractivity contribution in [3.8, 4) is 0 Å². The summed E-state index contributed by atoms with van der Waals surface area (Å²) >= 11 is 0. The summed E-state index contributed by atoms with van der Waals surface area (Å²) in [5, 5.41) is 3.82. The van der Waals surface area contributed by atoms with Crippen LogP contribution in [0.2, 0.25) is 0 Å². The molecule has 0 atom stereocenters. The summed E-state index contributed by atoms with van der Waals surface area (Å²) in [5.41, 5.74) is 2.13. The number of nitrogens with one attached hydrogen (secondary N) is 1. The first-order chi connectivity index (χ1) is 6.84. The first-order valence-corrected chi connectivity index (χ1v) is 4.67. The molecular formula is C13H10N. The quantitative estimate of drug-likeness (QED) is 0.545. The Morgan fingerprint density at radius 1 is 0.929 bits per heavy atom. The number of rotatable bonds is 0. The Bertz CT molecular complexity index is 605. The van der Waals surface area contributed by atoms with E-state index in [2.05, 4.69) is 54.4 Å². The van der Waals surface area contributed by atoms with Gasteiger partial charge in [-0.2, -0.15) is 0 Å². The molecule has 2 aromatic carbocycles. The van der Waals surface area contributed by atoms with E-state index in [0.29, 0.717) is 0 Å². The van der Waals surface area contributed by atoms with Crippen LogP contribution in [0.15, 0.2) is 42.5 Å². The van der Waals surface area contributed by atoms with Gasteiger partial charge in [0.25, 0.3) is 0 Å². The van der Waals surface area contributed by atoms with Gasteiger partial charge in [0.2, 0.25) is 0 Å². The molecule has 1 heteroatoms. The molecule has 0 bridgehead atoms. The van der Waals surface area contributed by atoms with Gasteiger partial charge in [-0.05, 0) is 29.8 Å². The van der Waals surface area contributed by atoms with E-state index in [4.69, 9.17) is 0 Å².